The molecule has 1 aliphatic rings. The van der Waals surface area contributed by atoms with Gasteiger partial charge in [0.1, 0.15) is 0 Å². The third kappa shape index (κ3) is 2.11. The molecule has 2 atom stereocenters. The van der Waals surface area contributed by atoms with Crippen LogP contribution in [0.25, 0.3) is 0 Å². The maximum Gasteiger partial charge on any atom is 0.0790 e. The highest BCUT2D eigenvalue weighted by molar-refractivity contribution is 6.34. The van der Waals surface area contributed by atoms with E-state index in [9.17, 15) is 5.11 Å². The van der Waals surface area contributed by atoms with Gasteiger partial charge < -0.3 is 15.7 Å². The second kappa shape index (κ2) is 4.52. The standard InChI is InChI=1S/C12H17ClN2O/c1-8-5-6-15(7-11(8)16)12-9(13)3-2-4-10(12)14/h2-4,8,11,16H,5-7,14H2,1H3. The zero-order chi connectivity index (χ0) is 11.7. The van der Waals surface area contributed by atoms with Gasteiger partial charge in [-0.1, -0.05) is 24.6 Å². The van der Waals surface area contributed by atoms with Crippen molar-refractivity contribution in [1.82, 2.24) is 0 Å². The summed E-state index contributed by atoms with van der Waals surface area (Å²) >= 11 is 6.14. The first kappa shape index (κ1) is 11.6. The van der Waals surface area contributed by atoms with Gasteiger partial charge in [-0.3, -0.25) is 0 Å². The fourth-order valence-electron chi connectivity index (χ4n) is 2.12. The van der Waals surface area contributed by atoms with E-state index in [2.05, 4.69) is 11.8 Å². The minimum Gasteiger partial charge on any atom is -0.397 e. The van der Waals surface area contributed by atoms with E-state index in [0.717, 1.165) is 18.7 Å². The molecular weight excluding hydrogens is 224 g/mol. The molecule has 0 radical (unpaired) electrons. The van der Waals surface area contributed by atoms with Gasteiger partial charge in [0.2, 0.25) is 0 Å². The third-order valence-electron chi connectivity index (χ3n) is 3.25. The van der Waals surface area contributed by atoms with Crippen LogP contribution in [-0.2, 0) is 0 Å². The molecule has 0 spiro atoms. The zero-order valence-corrected chi connectivity index (χ0v) is 10.1. The number of anilines is 2. The smallest absolute Gasteiger partial charge is 0.0790 e. The van der Waals surface area contributed by atoms with Crippen molar-refractivity contribution in [3.63, 3.8) is 0 Å². The van der Waals surface area contributed by atoms with E-state index in [1.807, 2.05) is 18.2 Å². The van der Waals surface area contributed by atoms with Gasteiger partial charge in [-0.2, -0.15) is 0 Å². The number of halogens is 1. The van der Waals surface area contributed by atoms with Crippen molar-refractivity contribution >= 4 is 23.0 Å². The summed E-state index contributed by atoms with van der Waals surface area (Å²) in [5, 5.41) is 10.5. The van der Waals surface area contributed by atoms with Crippen LogP contribution in [0.3, 0.4) is 0 Å². The minimum absolute atomic E-state index is 0.301. The number of aliphatic hydroxyl groups excluding tert-OH is 1. The van der Waals surface area contributed by atoms with Gasteiger partial charge in [-0.25, -0.2) is 0 Å². The molecule has 1 aromatic carbocycles. The Morgan fingerprint density at radius 3 is 2.88 bits per heavy atom. The first-order chi connectivity index (χ1) is 7.59. The fraction of sp³-hybridized carbons (Fsp3) is 0.500. The second-order valence-corrected chi connectivity index (χ2v) is 4.86. The normalized spacial score (nSPS) is 25.8. The molecule has 16 heavy (non-hydrogen) atoms. The zero-order valence-electron chi connectivity index (χ0n) is 9.36. The van der Waals surface area contributed by atoms with Crippen LogP contribution >= 0.6 is 11.6 Å². The first-order valence-electron chi connectivity index (χ1n) is 5.56. The van der Waals surface area contributed by atoms with Crippen LogP contribution in [0.5, 0.6) is 0 Å². The molecular formula is C12H17ClN2O. The number of benzene rings is 1. The predicted molar refractivity (Wildman–Crippen MR) is 67.9 cm³/mol. The summed E-state index contributed by atoms with van der Waals surface area (Å²) in [6.45, 7) is 3.57. The summed E-state index contributed by atoms with van der Waals surface area (Å²) in [6, 6.07) is 5.51. The van der Waals surface area contributed by atoms with Gasteiger partial charge in [0.05, 0.1) is 22.5 Å². The molecule has 2 unspecified atom stereocenters. The molecule has 1 heterocycles. The SMILES string of the molecule is CC1CCN(c2c(N)cccc2Cl)CC1O. The van der Waals surface area contributed by atoms with Gasteiger partial charge in [0, 0.05) is 13.1 Å². The van der Waals surface area contributed by atoms with Crippen molar-refractivity contribution in [2.45, 2.75) is 19.4 Å². The molecule has 0 aliphatic carbocycles. The molecule has 0 aromatic heterocycles. The van der Waals surface area contributed by atoms with Crippen LogP contribution in [0.2, 0.25) is 5.02 Å². The number of nitrogens with zero attached hydrogens (tertiary/aromatic N) is 1. The lowest BCUT2D eigenvalue weighted by Gasteiger charge is -2.36. The average molecular weight is 241 g/mol. The topological polar surface area (TPSA) is 49.5 Å². The van der Waals surface area contributed by atoms with Crippen molar-refractivity contribution in [3.05, 3.63) is 23.2 Å². The highest BCUT2D eigenvalue weighted by Crippen LogP contribution is 2.34. The van der Waals surface area contributed by atoms with E-state index in [-0.39, 0.29) is 6.10 Å². The van der Waals surface area contributed by atoms with Crippen LogP contribution in [0.4, 0.5) is 11.4 Å². The van der Waals surface area contributed by atoms with E-state index in [4.69, 9.17) is 17.3 Å². The molecule has 4 heteroatoms. The van der Waals surface area contributed by atoms with Crippen molar-refractivity contribution in [1.29, 1.82) is 0 Å². The fourth-order valence-corrected chi connectivity index (χ4v) is 2.42. The average Bonchev–Trinajstić information content (AvgIpc) is 2.23. The van der Waals surface area contributed by atoms with Gasteiger partial charge in [-0.15, -0.1) is 0 Å². The summed E-state index contributed by atoms with van der Waals surface area (Å²) in [7, 11) is 0. The Morgan fingerprint density at radius 2 is 2.25 bits per heavy atom. The molecule has 0 bridgehead atoms. The van der Waals surface area contributed by atoms with Crippen LogP contribution in [0.1, 0.15) is 13.3 Å². The molecule has 2 rings (SSSR count). The number of piperidine rings is 1. The second-order valence-electron chi connectivity index (χ2n) is 4.46. The number of rotatable bonds is 1. The molecule has 88 valence electrons. The predicted octanol–water partition coefficient (Wildman–Crippen LogP) is 2.13. The summed E-state index contributed by atoms with van der Waals surface area (Å²) in [6.07, 6.45) is 0.663. The number of aliphatic hydroxyl groups is 1. The van der Waals surface area contributed by atoms with Crippen molar-refractivity contribution in [2.24, 2.45) is 5.92 Å². The molecule has 3 N–H and O–H groups in total. The summed E-state index contributed by atoms with van der Waals surface area (Å²) in [5.41, 5.74) is 7.46. The van der Waals surface area contributed by atoms with Gasteiger partial charge >= 0.3 is 0 Å². The molecule has 0 saturated carbocycles. The number of β-amino-alcohol motifs (C(OH)–C–C–N with tert-alkyl or cyclic N) is 1. The Bertz CT molecular complexity index is 363. The monoisotopic (exact) mass is 240 g/mol. The molecule has 1 aromatic rings. The van der Waals surface area contributed by atoms with Crippen molar-refractivity contribution in [3.8, 4) is 0 Å². The number of nitrogens with two attached hydrogens (primary N) is 1. The van der Waals surface area contributed by atoms with E-state index >= 15 is 0 Å². The molecule has 1 aliphatic heterocycles. The van der Waals surface area contributed by atoms with E-state index in [1.165, 1.54) is 0 Å². The maximum absolute atomic E-state index is 9.87. The Kier molecular flexibility index (Phi) is 3.26. The van der Waals surface area contributed by atoms with Gasteiger partial charge in [-0.05, 0) is 24.5 Å². The highest BCUT2D eigenvalue weighted by Gasteiger charge is 2.26. The first-order valence-corrected chi connectivity index (χ1v) is 5.94. The van der Waals surface area contributed by atoms with Gasteiger partial charge in [0.25, 0.3) is 0 Å². The Balaban J connectivity index is 2.25. The largest absolute Gasteiger partial charge is 0.397 e. The number of para-hydroxylation sites is 1. The summed E-state index contributed by atoms with van der Waals surface area (Å²) < 4.78 is 0. The molecule has 1 fully saturated rings. The maximum atomic E-state index is 9.87. The van der Waals surface area contributed by atoms with Crippen LogP contribution in [0.15, 0.2) is 18.2 Å². The van der Waals surface area contributed by atoms with Crippen LogP contribution < -0.4 is 10.6 Å². The minimum atomic E-state index is -0.301. The lowest BCUT2D eigenvalue weighted by molar-refractivity contribution is 0.103. The van der Waals surface area contributed by atoms with E-state index in [1.54, 1.807) is 0 Å². The van der Waals surface area contributed by atoms with E-state index < -0.39 is 0 Å². The van der Waals surface area contributed by atoms with Gasteiger partial charge in [0.15, 0.2) is 0 Å². The van der Waals surface area contributed by atoms with Crippen molar-refractivity contribution < 1.29 is 5.11 Å². The summed E-state index contributed by atoms with van der Waals surface area (Å²) in [4.78, 5) is 2.07. The lowest BCUT2D eigenvalue weighted by Crippen LogP contribution is -2.43. The van der Waals surface area contributed by atoms with E-state index in [0.29, 0.717) is 23.2 Å². The quantitative estimate of drug-likeness (QED) is 0.740. The molecule has 1 saturated heterocycles. The Morgan fingerprint density at radius 1 is 1.50 bits per heavy atom. The number of hydrogen-bond acceptors (Lipinski definition) is 3. The molecule has 0 amide bonds. The Labute approximate surface area is 101 Å². The Hall–Kier alpha value is -0.930. The third-order valence-corrected chi connectivity index (χ3v) is 3.56. The number of hydrogen-bond donors (Lipinski definition) is 2. The molecule has 3 nitrogen and oxygen atoms in total. The lowest BCUT2D eigenvalue weighted by atomic mass is 9.95. The van der Waals surface area contributed by atoms with Crippen molar-refractivity contribution in [2.75, 3.05) is 23.7 Å². The highest BCUT2D eigenvalue weighted by atomic mass is 35.5. The number of nitrogen functional groups attached to an aromatic ring is 1. The van der Waals surface area contributed by atoms with Crippen LogP contribution in [0, 0.1) is 5.92 Å². The van der Waals surface area contributed by atoms with Crippen LogP contribution in [-0.4, -0.2) is 24.3 Å². The summed E-state index contributed by atoms with van der Waals surface area (Å²) in [5.74, 6) is 0.347.